The number of nitrogens with zero attached hydrogens (tertiary/aromatic N) is 1. The smallest absolute Gasteiger partial charge is 0.326 e. The van der Waals surface area contributed by atoms with E-state index in [9.17, 15) is 24.3 Å². The molecule has 12 nitrogen and oxygen atoms in total. The van der Waals surface area contributed by atoms with Gasteiger partial charge in [-0.3, -0.25) is 14.4 Å². The van der Waals surface area contributed by atoms with Gasteiger partial charge >= 0.3 is 5.97 Å². The van der Waals surface area contributed by atoms with Gasteiger partial charge in [-0.2, -0.15) is 0 Å². The summed E-state index contributed by atoms with van der Waals surface area (Å²) in [6, 6.07) is 4.37. The Morgan fingerprint density at radius 2 is 1.81 bits per heavy atom. The molecule has 2 aromatic heterocycles. The minimum Gasteiger partial charge on any atom is -0.480 e. The van der Waals surface area contributed by atoms with Crippen molar-refractivity contribution in [2.45, 2.75) is 44.8 Å². The molecule has 192 valence electrons. The third-order valence-corrected chi connectivity index (χ3v) is 5.73. The van der Waals surface area contributed by atoms with E-state index in [0.717, 1.165) is 16.5 Å². The molecule has 0 radical (unpaired) electrons. The topological polar surface area (TPSA) is 195 Å². The number of carboxylic acids is 1. The molecule has 0 fully saturated rings. The number of aromatic nitrogens is 3. The standard InChI is InChI=1S/C24H31N7O5/c1-13(2)21(31-20(32)11-28-22(33)17(25)8-15-10-26-12-29-15)23(34)30-19(24(35)36)7-14-9-27-18-6-4-3-5-16(14)18/h3-6,9-10,12-13,17,19,21,27H,7-8,11,25H2,1-2H3,(H,26,29)(H,28,33)(H,30,34)(H,31,32)(H,35,36). The molecule has 3 atom stereocenters. The lowest BCUT2D eigenvalue weighted by molar-refractivity contribution is -0.142. The summed E-state index contributed by atoms with van der Waals surface area (Å²) in [5.41, 5.74) is 8.14. The number of nitrogens with two attached hydrogens (primary N) is 1. The van der Waals surface area contributed by atoms with Crippen molar-refractivity contribution >= 4 is 34.6 Å². The predicted molar refractivity (Wildman–Crippen MR) is 132 cm³/mol. The Kier molecular flexibility index (Phi) is 8.79. The number of aliphatic carboxylic acids is 1. The largest absolute Gasteiger partial charge is 0.480 e. The molecule has 0 aliphatic rings. The number of carboxylic acid groups (broad SMARTS) is 1. The summed E-state index contributed by atoms with van der Waals surface area (Å²) in [6.07, 6.45) is 5.02. The summed E-state index contributed by atoms with van der Waals surface area (Å²) >= 11 is 0. The highest BCUT2D eigenvalue weighted by Crippen LogP contribution is 2.19. The summed E-state index contributed by atoms with van der Waals surface area (Å²) in [5, 5.41) is 18.1. The van der Waals surface area contributed by atoms with Crippen molar-refractivity contribution in [3.05, 3.63) is 54.2 Å². The maximum atomic E-state index is 12.9. The Morgan fingerprint density at radius 1 is 1.06 bits per heavy atom. The van der Waals surface area contributed by atoms with Crippen LogP contribution in [0.2, 0.25) is 0 Å². The average Bonchev–Trinajstić information content (AvgIpc) is 3.50. The van der Waals surface area contributed by atoms with E-state index in [2.05, 4.69) is 30.9 Å². The first-order valence-corrected chi connectivity index (χ1v) is 11.5. The molecule has 36 heavy (non-hydrogen) atoms. The van der Waals surface area contributed by atoms with Crippen LogP contribution < -0.4 is 21.7 Å². The number of para-hydroxylation sites is 1. The van der Waals surface area contributed by atoms with Gasteiger partial charge in [-0.05, 0) is 17.5 Å². The third kappa shape index (κ3) is 6.92. The molecular weight excluding hydrogens is 466 g/mol. The molecule has 0 aliphatic carbocycles. The van der Waals surface area contributed by atoms with Crippen molar-refractivity contribution in [1.29, 1.82) is 0 Å². The van der Waals surface area contributed by atoms with E-state index in [1.165, 1.54) is 6.33 Å². The van der Waals surface area contributed by atoms with E-state index in [-0.39, 0.29) is 25.3 Å². The number of H-pyrrole nitrogens is 2. The summed E-state index contributed by atoms with van der Waals surface area (Å²) in [5.74, 6) is -3.30. The van der Waals surface area contributed by atoms with Crippen molar-refractivity contribution in [2.24, 2.45) is 11.7 Å². The number of hydrogen-bond acceptors (Lipinski definition) is 6. The van der Waals surface area contributed by atoms with Gasteiger partial charge in [-0.15, -0.1) is 0 Å². The first-order chi connectivity index (χ1) is 17.2. The fraction of sp³-hybridized carbons (Fsp3) is 0.375. The second-order valence-corrected chi connectivity index (χ2v) is 8.86. The van der Waals surface area contributed by atoms with Gasteiger partial charge in [0.25, 0.3) is 0 Å². The van der Waals surface area contributed by atoms with Gasteiger partial charge in [0.15, 0.2) is 0 Å². The van der Waals surface area contributed by atoms with Crippen LogP contribution in [-0.4, -0.2) is 68.4 Å². The summed E-state index contributed by atoms with van der Waals surface area (Å²) in [7, 11) is 0. The Bertz CT molecular complexity index is 1200. The zero-order valence-corrected chi connectivity index (χ0v) is 20.1. The molecule has 3 aromatic rings. The fourth-order valence-corrected chi connectivity index (χ4v) is 3.77. The number of imidazole rings is 1. The average molecular weight is 498 g/mol. The zero-order chi connectivity index (χ0) is 26.2. The van der Waals surface area contributed by atoms with E-state index < -0.39 is 41.8 Å². The Balaban J connectivity index is 1.56. The molecule has 1 aromatic carbocycles. The van der Waals surface area contributed by atoms with Crippen LogP contribution in [0, 0.1) is 5.92 Å². The molecule has 3 amide bonds. The molecule has 12 heteroatoms. The minimum atomic E-state index is -1.20. The highest BCUT2D eigenvalue weighted by molar-refractivity contribution is 5.93. The van der Waals surface area contributed by atoms with E-state index in [1.807, 2.05) is 24.3 Å². The maximum absolute atomic E-state index is 12.9. The monoisotopic (exact) mass is 497 g/mol. The van der Waals surface area contributed by atoms with Gasteiger partial charge < -0.3 is 36.8 Å². The van der Waals surface area contributed by atoms with Gasteiger partial charge in [0.05, 0.1) is 18.9 Å². The molecule has 8 N–H and O–H groups in total. The minimum absolute atomic E-state index is 0.0636. The number of carbonyl (C=O) groups is 4. The number of aromatic amines is 2. The lowest BCUT2D eigenvalue weighted by atomic mass is 10.0. The normalized spacial score (nSPS) is 13.7. The van der Waals surface area contributed by atoms with Crippen LogP contribution >= 0.6 is 0 Å². The summed E-state index contributed by atoms with van der Waals surface area (Å²) in [6.45, 7) is 3.06. The number of benzene rings is 1. The second kappa shape index (κ2) is 12.0. The number of amides is 3. The number of rotatable bonds is 12. The van der Waals surface area contributed by atoms with Crippen LogP contribution in [0.15, 0.2) is 43.0 Å². The van der Waals surface area contributed by atoms with Crippen LogP contribution in [0.3, 0.4) is 0 Å². The van der Waals surface area contributed by atoms with Crippen molar-refractivity contribution in [2.75, 3.05) is 6.54 Å². The molecule has 3 unspecified atom stereocenters. The molecule has 0 spiro atoms. The van der Waals surface area contributed by atoms with E-state index in [1.54, 1.807) is 26.2 Å². The lowest BCUT2D eigenvalue weighted by Gasteiger charge is -2.24. The lowest BCUT2D eigenvalue weighted by Crippen LogP contribution is -2.56. The van der Waals surface area contributed by atoms with E-state index in [4.69, 9.17) is 5.73 Å². The molecule has 2 heterocycles. The number of hydrogen-bond donors (Lipinski definition) is 7. The highest BCUT2D eigenvalue weighted by Gasteiger charge is 2.29. The van der Waals surface area contributed by atoms with Crippen LogP contribution in [0.1, 0.15) is 25.1 Å². The van der Waals surface area contributed by atoms with Gasteiger partial charge in [0, 0.05) is 41.8 Å². The molecule has 0 aliphatic heterocycles. The highest BCUT2D eigenvalue weighted by atomic mass is 16.4. The fourth-order valence-electron chi connectivity index (χ4n) is 3.77. The first kappa shape index (κ1) is 26.4. The molecule has 0 bridgehead atoms. The second-order valence-electron chi connectivity index (χ2n) is 8.86. The number of fused-ring (bicyclic) bond motifs is 1. The summed E-state index contributed by atoms with van der Waals surface area (Å²) < 4.78 is 0. The van der Waals surface area contributed by atoms with Crippen LogP contribution in [0.5, 0.6) is 0 Å². The SMILES string of the molecule is CC(C)C(NC(=O)CNC(=O)C(N)Cc1cnc[nH]1)C(=O)NC(Cc1c[nH]c2ccccc12)C(=O)O. The number of carbonyl (C=O) groups excluding carboxylic acids is 3. The van der Waals surface area contributed by atoms with Gasteiger partial charge in [-0.1, -0.05) is 32.0 Å². The predicted octanol–water partition coefficient (Wildman–Crippen LogP) is -0.170. The van der Waals surface area contributed by atoms with Crippen LogP contribution in [0.25, 0.3) is 10.9 Å². The van der Waals surface area contributed by atoms with E-state index >= 15 is 0 Å². The van der Waals surface area contributed by atoms with E-state index in [0.29, 0.717) is 5.69 Å². The van der Waals surface area contributed by atoms with Crippen LogP contribution in [-0.2, 0) is 32.0 Å². The van der Waals surface area contributed by atoms with Crippen molar-refractivity contribution in [3.8, 4) is 0 Å². The van der Waals surface area contributed by atoms with Crippen molar-refractivity contribution in [3.63, 3.8) is 0 Å². The Morgan fingerprint density at radius 3 is 2.47 bits per heavy atom. The van der Waals surface area contributed by atoms with Gasteiger partial charge in [0.1, 0.15) is 12.1 Å². The van der Waals surface area contributed by atoms with Crippen molar-refractivity contribution in [1.82, 2.24) is 30.9 Å². The molecule has 3 rings (SSSR count). The van der Waals surface area contributed by atoms with Gasteiger partial charge in [-0.25, -0.2) is 9.78 Å². The maximum Gasteiger partial charge on any atom is 0.326 e. The molecule has 0 saturated carbocycles. The zero-order valence-electron chi connectivity index (χ0n) is 20.1. The van der Waals surface area contributed by atoms with Gasteiger partial charge in [0.2, 0.25) is 17.7 Å². The first-order valence-electron chi connectivity index (χ1n) is 11.5. The Hall–Kier alpha value is -4.19. The van der Waals surface area contributed by atoms with Crippen LogP contribution in [0.4, 0.5) is 0 Å². The quantitative estimate of drug-likeness (QED) is 0.180. The Labute approximate surface area is 207 Å². The number of nitrogens with one attached hydrogen (secondary N) is 5. The summed E-state index contributed by atoms with van der Waals surface area (Å²) in [4.78, 5) is 59.3. The third-order valence-electron chi connectivity index (χ3n) is 5.73. The molecular formula is C24H31N7O5. The molecule has 0 saturated heterocycles. The van der Waals surface area contributed by atoms with Crippen molar-refractivity contribution < 1.29 is 24.3 Å².